The van der Waals surface area contributed by atoms with Crippen molar-refractivity contribution in [3.8, 4) is 11.5 Å². The SMILES string of the molecule is COc1cc(C=CC(=O)OC(C)Br)ccc1O. The highest BCUT2D eigenvalue weighted by Crippen LogP contribution is 2.26. The van der Waals surface area contributed by atoms with Gasteiger partial charge in [-0.2, -0.15) is 0 Å². The van der Waals surface area contributed by atoms with E-state index >= 15 is 0 Å². The van der Waals surface area contributed by atoms with Crippen LogP contribution in [-0.4, -0.2) is 23.2 Å². The van der Waals surface area contributed by atoms with Crippen molar-refractivity contribution in [3.05, 3.63) is 29.8 Å². The molecule has 0 amide bonds. The summed E-state index contributed by atoms with van der Waals surface area (Å²) >= 11 is 3.10. The zero-order valence-electron chi connectivity index (χ0n) is 9.51. The third-order valence-corrected chi connectivity index (χ3v) is 2.08. The van der Waals surface area contributed by atoms with Gasteiger partial charge in [-0.05, 0) is 46.6 Å². The van der Waals surface area contributed by atoms with E-state index in [-0.39, 0.29) is 10.8 Å². The van der Waals surface area contributed by atoms with Crippen molar-refractivity contribution < 1.29 is 19.4 Å². The van der Waals surface area contributed by atoms with Crippen molar-refractivity contribution in [2.24, 2.45) is 0 Å². The Hall–Kier alpha value is -1.49. The molecule has 1 aromatic carbocycles. The van der Waals surface area contributed by atoms with Crippen molar-refractivity contribution in [2.75, 3.05) is 7.11 Å². The van der Waals surface area contributed by atoms with E-state index in [9.17, 15) is 9.90 Å². The van der Waals surface area contributed by atoms with E-state index in [1.165, 1.54) is 19.3 Å². The maximum Gasteiger partial charge on any atom is 0.331 e. The molecule has 0 aliphatic rings. The van der Waals surface area contributed by atoms with Gasteiger partial charge < -0.3 is 14.6 Å². The Morgan fingerprint density at radius 1 is 1.53 bits per heavy atom. The molecule has 0 aromatic heterocycles. The minimum atomic E-state index is -0.443. The van der Waals surface area contributed by atoms with Crippen molar-refractivity contribution in [1.82, 2.24) is 0 Å². The molecule has 1 aromatic rings. The number of phenolic OH excluding ortho intramolecular Hbond substituents is 1. The van der Waals surface area contributed by atoms with Crippen LogP contribution in [0.3, 0.4) is 0 Å². The maximum atomic E-state index is 11.2. The quantitative estimate of drug-likeness (QED) is 0.528. The van der Waals surface area contributed by atoms with E-state index in [1.54, 1.807) is 25.1 Å². The van der Waals surface area contributed by atoms with Crippen LogP contribution in [0, 0.1) is 0 Å². The number of rotatable bonds is 4. The third-order valence-electron chi connectivity index (χ3n) is 1.89. The Kier molecular flexibility index (Phi) is 5.03. The lowest BCUT2D eigenvalue weighted by atomic mass is 10.2. The number of hydrogen-bond acceptors (Lipinski definition) is 4. The minimum absolute atomic E-state index is 0.0568. The number of benzene rings is 1. The number of aromatic hydroxyl groups is 1. The molecule has 1 rings (SSSR count). The van der Waals surface area contributed by atoms with Crippen LogP contribution in [0.1, 0.15) is 12.5 Å². The Morgan fingerprint density at radius 3 is 2.82 bits per heavy atom. The molecule has 0 bridgehead atoms. The topological polar surface area (TPSA) is 55.8 Å². The Bertz CT molecular complexity index is 427. The summed E-state index contributed by atoms with van der Waals surface area (Å²) in [5, 5.41) is 9.06. The van der Waals surface area contributed by atoms with Gasteiger partial charge in [0, 0.05) is 6.08 Å². The normalized spacial score (nSPS) is 12.4. The number of alkyl halides is 1. The predicted octanol–water partition coefficient (Wildman–Crippen LogP) is 2.70. The summed E-state index contributed by atoms with van der Waals surface area (Å²) in [5.41, 5.74) is 0.735. The summed E-state index contributed by atoms with van der Waals surface area (Å²) in [4.78, 5) is 11.2. The maximum absolute atomic E-state index is 11.2. The van der Waals surface area contributed by atoms with Gasteiger partial charge in [0.25, 0.3) is 0 Å². The smallest absolute Gasteiger partial charge is 0.331 e. The molecule has 0 saturated heterocycles. The fourth-order valence-electron chi connectivity index (χ4n) is 1.16. The number of ether oxygens (including phenoxy) is 2. The fourth-order valence-corrected chi connectivity index (χ4v) is 1.35. The highest BCUT2D eigenvalue weighted by Gasteiger charge is 2.03. The van der Waals surface area contributed by atoms with E-state index in [1.807, 2.05) is 0 Å². The molecule has 0 aliphatic heterocycles. The van der Waals surface area contributed by atoms with Gasteiger partial charge in [0.15, 0.2) is 16.5 Å². The second-order valence-electron chi connectivity index (χ2n) is 3.24. The number of carbonyl (C=O) groups excluding carboxylic acids is 1. The van der Waals surface area contributed by atoms with Crippen LogP contribution >= 0.6 is 15.9 Å². The van der Waals surface area contributed by atoms with E-state index in [0.29, 0.717) is 5.75 Å². The van der Waals surface area contributed by atoms with E-state index in [2.05, 4.69) is 15.9 Å². The first-order chi connectivity index (χ1) is 8.02. The van der Waals surface area contributed by atoms with Crippen LogP contribution in [0.2, 0.25) is 0 Å². The van der Waals surface area contributed by atoms with Gasteiger partial charge in [-0.1, -0.05) is 6.07 Å². The van der Waals surface area contributed by atoms with Gasteiger partial charge >= 0.3 is 5.97 Å². The van der Waals surface area contributed by atoms with Crippen LogP contribution in [0.25, 0.3) is 6.08 Å². The van der Waals surface area contributed by atoms with Crippen molar-refractivity contribution in [2.45, 2.75) is 11.9 Å². The summed E-state index contributed by atoms with van der Waals surface area (Å²) in [5.74, 6) is -0.0305. The number of hydrogen-bond donors (Lipinski definition) is 1. The lowest BCUT2D eigenvalue weighted by Crippen LogP contribution is -2.05. The highest BCUT2D eigenvalue weighted by atomic mass is 79.9. The van der Waals surface area contributed by atoms with Gasteiger partial charge in [-0.3, -0.25) is 0 Å². The van der Waals surface area contributed by atoms with Gasteiger partial charge in [0.05, 0.1) is 7.11 Å². The summed E-state index contributed by atoms with van der Waals surface area (Å²) in [6.45, 7) is 1.70. The molecule has 1 unspecified atom stereocenters. The monoisotopic (exact) mass is 300 g/mol. The lowest BCUT2D eigenvalue weighted by Gasteiger charge is -2.04. The molecule has 92 valence electrons. The van der Waals surface area contributed by atoms with Crippen LogP contribution < -0.4 is 4.74 Å². The molecular weight excluding hydrogens is 288 g/mol. The molecule has 1 atom stereocenters. The second-order valence-corrected chi connectivity index (χ2v) is 4.53. The summed E-state index contributed by atoms with van der Waals surface area (Å²) in [6, 6.07) is 4.78. The zero-order chi connectivity index (χ0) is 12.8. The third kappa shape index (κ3) is 4.48. The van der Waals surface area contributed by atoms with Crippen molar-refractivity contribution in [1.29, 1.82) is 0 Å². The van der Waals surface area contributed by atoms with Gasteiger partial charge in [0.2, 0.25) is 0 Å². The van der Waals surface area contributed by atoms with Crippen molar-refractivity contribution >= 4 is 28.0 Å². The Morgan fingerprint density at radius 2 is 2.24 bits per heavy atom. The standard InChI is InChI=1S/C12H13BrO4/c1-8(13)17-12(15)6-4-9-3-5-10(14)11(7-9)16-2/h3-8,14H,1-2H3. The summed E-state index contributed by atoms with van der Waals surface area (Å²) in [7, 11) is 1.46. The van der Waals surface area contributed by atoms with Crippen LogP contribution in [0.4, 0.5) is 0 Å². The van der Waals surface area contributed by atoms with Crippen LogP contribution in [-0.2, 0) is 9.53 Å². The molecule has 1 N–H and O–H groups in total. The molecule has 17 heavy (non-hydrogen) atoms. The van der Waals surface area contributed by atoms with Crippen LogP contribution in [0.15, 0.2) is 24.3 Å². The van der Waals surface area contributed by atoms with Gasteiger partial charge in [0.1, 0.15) is 0 Å². The average molecular weight is 301 g/mol. The minimum Gasteiger partial charge on any atom is -0.504 e. The van der Waals surface area contributed by atoms with E-state index in [4.69, 9.17) is 9.47 Å². The molecule has 0 radical (unpaired) electrons. The second kappa shape index (κ2) is 6.30. The number of esters is 1. The molecule has 0 heterocycles. The Balaban J connectivity index is 2.74. The van der Waals surface area contributed by atoms with E-state index in [0.717, 1.165) is 5.56 Å². The molecular formula is C12H13BrO4. The van der Waals surface area contributed by atoms with E-state index < -0.39 is 5.97 Å². The molecule has 0 saturated carbocycles. The number of methoxy groups -OCH3 is 1. The molecule has 0 fully saturated rings. The first-order valence-electron chi connectivity index (χ1n) is 4.92. The van der Waals surface area contributed by atoms with Gasteiger partial charge in [-0.25, -0.2) is 4.79 Å². The molecule has 5 heteroatoms. The first-order valence-corrected chi connectivity index (χ1v) is 5.84. The van der Waals surface area contributed by atoms with Crippen molar-refractivity contribution in [3.63, 3.8) is 0 Å². The molecule has 0 aliphatic carbocycles. The highest BCUT2D eigenvalue weighted by molar-refractivity contribution is 9.09. The number of carbonyl (C=O) groups is 1. The number of phenols is 1. The summed E-state index contributed by atoms with van der Waals surface area (Å²) < 4.78 is 9.81. The van der Waals surface area contributed by atoms with Crippen LogP contribution in [0.5, 0.6) is 11.5 Å². The Labute approximate surface area is 108 Å². The zero-order valence-corrected chi connectivity index (χ0v) is 11.1. The van der Waals surface area contributed by atoms with Gasteiger partial charge in [-0.15, -0.1) is 0 Å². The molecule has 0 spiro atoms. The number of halogens is 1. The molecule has 4 nitrogen and oxygen atoms in total. The fraction of sp³-hybridized carbons (Fsp3) is 0.250. The summed E-state index contributed by atoms with van der Waals surface area (Å²) in [6.07, 6.45) is 2.89. The predicted molar refractivity (Wildman–Crippen MR) is 68.2 cm³/mol. The first kappa shape index (κ1) is 13.6. The lowest BCUT2D eigenvalue weighted by molar-refractivity contribution is -0.138. The average Bonchev–Trinajstić information content (AvgIpc) is 2.27. The largest absolute Gasteiger partial charge is 0.504 e.